The molecule has 1 aliphatic rings. The lowest BCUT2D eigenvalue weighted by Gasteiger charge is -2.14. The van der Waals surface area contributed by atoms with Gasteiger partial charge in [0, 0.05) is 18.0 Å². The lowest BCUT2D eigenvalue weighted by atomic mass is 10.1. The second-order valence-corrected chi connectivity index (χ2v) is 9.09. The molecule has 0 fully saturated rings. The van der Waals surface area contributed by atoms with Gasteiger partial charge in [-0.25, -0.2) is 21.6 Å². The average Bonchev–Trinajstić information content (AvgIpc) is 2.56. The van der Waals surface area contributed by atoms with Gasteiger partial charge in [0.05, 0.1) is 0 Å². The summed E-state index contributed by atoms with van der Waals surface area (Å²) in [4.78, 5) is 0. The number of hydrogen-bond donors (Lipinski definition) is 2. The van der Waals surface area contributed by atoms with E-state index in [1.165, 1.54) is 0 Å². The molecule has 0 aromatic heterocycles. The molecule has 0 radical (unpaired) electrons. The second-order valence-electron chi connectivity index (χ2n) is 4.83. The fourth-order valence-corrected chi connectivity index (χ4v) is 5.50. The summed E-state index contributed by atoms with van der Waals surface area (Å²) in [5, 5.41) is -0.888. The molecule has 6 nitrogen and oxygen atoms in total. The van der Waals surface area contributed by atoms with Gasteiger partial charge in [0.2, 0.25) is 10.0 Å². The number of benzene rings is 1. The third-order valence-electron chi connectivity index (χ3n) is 2.94. The third kappa shape index (κ3) is 3.68. The van der Waals surface area contributed by atoms with Crippen molar-refractivity contribution in [3.8, 4) is 0 Å². The lowest BCUT2D eigenvalue weighted by Crippen LogP contribution is -2.32. The summed E-state index contributed by atoms with van der Waals surface area (Å²) in [7, 11) is -7.42. The molecule has 8 heteroatoms. The monoisotopic (exact) mass is 304 g/mol. The van der Waals surface area contributed by atoms with Crippen molar-refractivity contribution in [3.63, 3.8) is 0 Å². The molecule has 1 aromatic rings. The molecule has 0 heterocycles. The number of sulfone groups is 1. The Bertz CT molecular complexity index is 695. The fraction of sp³-hybridized carbons (Fsp3) is 0.455. The number of nitrogen functional groups attached to an aromatic ring is 1. The Balaban J connectivity index is 2.20. The van der Waals surface area contributed by atoms with Crippen LogP contribution in [-0.4, -0.2) is 28.2 Å². The highest BCUT2D eigenvalue weighted by Crippen LogP contribution is 2.32. The zero-order chi connectivity index (χ0) is 14.3. The van der Waals surface area contributed by atoms with Crippen LogP contribution in [0.25, 0.3) is 0 Å². The molecule has 1 aromatic carbocycles. The number of sulfonamides is 1. The summed E-state index contributed by atoms with van der Waals surface area (Å²) < 4.78 is 48.1. The first-order chi connectivity index (χ1) is 8.66. The van der Waals surface area contributed by atoms with Crippen LogP contribution in [0.2, 0.25) is 0 Å². The Hall–Kier alpha value is -1.12. The van der Waals surface area contributed by atoms with Gasteiger partial charge >= 0.3 is 0 Å². The van der Waals surface area contributed by atoms with Crippen LogP contribution in [0.4, 0.5) is 5.69 Å². The van der Waals surface area contributed by atoms with Crippen molar-refractivity contribution in [2.75, 3.05) is 17.1 Å². The van der Waals surface area contributed by atoms with Crippen LogP contribution >= 0.6 is 0 Å². The molecule has 2 rings (SSSR count). The van der Waals surface area contributed by atoms with E-state index in [1.54, 1.807) is 12.1 Å². The number of nitrogens with two attached hydrogens (primary N) is 1. The van der Waals surface area contributed by atoms with Crippen LogP contribution in [-0.2, 0) is 26.3 Å². The molecule has 1 aliphatic carbocycles. The number of rotatable bonds is 4. The SMILES string of the molecule is CS(=O)(=O)CS(=O)(=O)NC1CCc2cc(N)ccc21. The van der Waals surface area contributed by atoms with E-state index in [-0.39, 0.29) is 6.04 Å². The summed E-state index contributed by atoms with van der Waals surface area (Å²) in [6.07, 6.45) is 2.24. The van der Waals surface area contributed by atoms with Gasteiger partial charge in [-0.2, -0.15) is 0 Å². The van der Waals surface area contributed by atoms with Crippen molar-refractivity contribution >= 4 is 25.5 Å². The molecule has 0 amide bonds. The minimum absolute atomic E-state index is 0.373. The van der Waals surface area contributed by atoms with Crippen molar-refractivity contribution < 1.29 is 16.8 Å². The summed E-state index contributed by atoms with van der Waals surface area (Å²) in [5.74, 6) is 0. The van der Waals surface area contributed by atoms with E-state index in [0.717, 1.165) is 23.8 Å². The molecule has 0 aliphatic heterocycles. The zero-order valence-corrected chi connectivity index (χ0v) is 12.1. The summed E-state index contributed by atoms with van der Waals surface area (Å²) in [6.45, 7) is 0. The van der Waals surface area contributed by atoms with Gasteiger partial charge in [-0.3, -0.25) is 0 Å². The summed E-state index contributed by atoms with van der Waals surface area (Å²) in [6, 6.07) is 4.94. The number of nitrogens with one attached hydrogen (secondary N) is 1. The normalized spacial score (nSPS) is 19.3. The summed E-state index contributed by atoms with van der Waals surface area (Å²) in [5.41, 5.74) is 8.18. The molecule has 0 spiro atoms. The largest absolute Gasteiger partial charge is 0.399 e. The highest BCUT2D eigenvalue weighted by Gasteiger charge is 2.28. The Morgan fingerprint density at radius 3 is 2.63 bits per heavy atom. The van der Waals surface area contributed by atoms with E-state index in [4.69, 9.17) is 5.73 Å². The minimum atomic E-state index is -3.84. The standard InChI is InChI=1S/C11H16N2O4S2/c1-18(14,15)7-19(16,17)13-11-5-2-8-6-9(12)3-4-10(8)11/h3-4,6,11,13H,2,5,7,12H2,1H3. The Labute approximate surface area is 113 Å². The average molecular weight is 304 g/mol. The van der Waals surface area contributed by atoms with Gasteiger partial charge in [-0.05, 0) is 36.1 Å². The minimum Gasteiger partial charge on any atom is -0.399 e. The maximum absolute atomic E-state index is 11.8. The molecular weight excluding hydrogens is 288 g/mol. The molecular formula is C11H16N2O4S2. The first-order valence-corrected chi connectivity index (χ1v) is 9.44. The molecule has 1 unspecified atom stereocenters. The van der Waals surface area contributed by atoms with E-state index in [2.05, 4.69) is 4.72 Å². The Morgan fingerprint density at radius 2 is 2.00 bits per heavy atom. The predicted octanol–water partition coefficient (Wildman–Crippen LogP) is 0.178. The highest BCUT2D eigenvalue weighted by molar-refractivity contribution is 8.06. The van der Waals surface area contributed by atoms with Crippen LogP contribution in [0, 0.1) is 0 Å². The van der Waals surface area contributed by atoms with Gasteiger partial charge < -0.3 is 5.73 Å². The van der Waals surface area contributed by atoms with Gasteiger partial charge in [-0.15, -0.1) is 0 Å². The molecule has 0 saturated heterocycles. The fourth-order valence-electron chi connectivity index (χ4n) is 2.29. The molecule has 0 saturated carbocycles. The molecule has 19 heavy (non-hydrogen) atoms. The van der Waals surface area contributed by atoms with Gasteiger partial charge in [-0.1, -0.05) is 6.07 Å². The van der Waals surface area contributed by atoms with Crippen LogP contribution in [0.3, 0.4) is 0 Å². The molecule has 3 N–H and O–H groups in total. The van der Waals surface area contributed by atoms with Crippen molar-refractivity contribution in [1.29, 1.82) is 0 Å². The van der Waals surface area contributed by atoms with Crippen LogP contribution in [0.15, 0.2) is 18.2 Å². The topological polar surface area (TPSA) is 106 Å². The number of anilines is 1. The first-order valence-electron chi connectivity index (χ1n) is 5.72. The van der Waals surface area contributed by atoms with E-state index in [0.29, 0.717) is 12.1 Å². The highest BCUT2D eigenvalue weighted by atomic mass is 32.3. The van der Waals surface area contributed by atoms with Crippen LogP contribution in [0.1, 0.15) is 23.6 Å². The van der Waals surface area contributed by atoms with Gasteiger partial charge in [0.15, 0.2) is 14.9 Å². The maximum atomic E-state index is 11.8. The molecule has 1 atom stereocenters. The van der Waals surface area contributed by atoms with Crippen LogP contribution < -0.4 is 10.5 Å². The zero-order valence-electron chi connectivity index (χ0n) is 10.5. The van der Waals surface area contributed by atoms with Gasteiger partial charge in [0.25, 0.3) is 0 Å². The summed E-state index contributed by atoms with van der Waals surface area (Å²) >= 11 is 0. The quantitative estimate of drug-likeness (QED) is 0.772. The predicted molar refractivity (Wildman–Crippen MR) is 73.7 cm³/mol. The molecule has 106 valence electrons. The Morgan fingerprint density at radius 1 is 1.32 bits per heavy atom. The smallest absolute Gasteiger partial charge is 0.226 e. The number of fused-ring (bicyclic) bond motifs is 1. The van der Waals surface area contributed by atoms with Crippen molar-refractivity contribution in [1.82, 2.24) is 4.72 Å². The first kappa shape index (κ1) is 14.3. The van der Waals surface area contributed by atoms with E-state index in [1.807, 2.05) is 6.07 Å². The Kier molecular flexibility index (Phi) is 3.59. The maximum Gasteiger partial charge on any atom is 0.226 e. The van der Waals surface area contributed by atoms with Crippen LogP contribution in [0.5, 0.6) is 0 Å². The molecule has 0 bridgehead atoms. The number of hydrogen-bond acceptors (Lipinski definition) is 5. The lowest BCUT2D eigenvalue weighted by molar-refractivity contribution is 0.556. The van der Waals surface area contributed by atoms with E-state index < -0.39 is 24.9 Å². The van der Waals surface area contributed by atoms with E-state index in [9.17, 15) is 16.8 Å². The third-order valence-corrected chi connectivity index (χ3v) is 6.53. The second kappa shape index (κ2) is 4.77. The van der Waals surface area contributed by atoms with Gasteiger partial charge in [0.1, 0.15) is 0 Å². The van der Waals surface area contributed by atoms with Crippen molar-refractivity contribution in [3.05, 3.63) is 29.3 Å². The van der Waals surface area contributed by atoms with Crippen molar-refractivity contribution in [2.45, 2.75) is 18.9 Å². The van der Waals surface area contributed by atoms with Crippen molar-refractivity contribution in [2.24, 2.45) is 0 Å². The number of aryl methyl sites for hydroxylation is 1. The van der Waals surface area contributed by atoms with E-state index >= 15 is 0 Å².